The molecule has 0 radical (unpaired) electrons. The van der Waals surface area contributed by atoms with Crippen molar-refractivity contribution in [3.8, 4) is 0 Å². The zero-order valence-electron chi connectivity index (χ0n) is 11.8. The summed E-state index contributed by atoms with van der Waals surface area (Å²) in [7, 11) is 1.78. The molecule has 19 heavy (non-hydrogen) atoms. The van der Waals surface area contributed by atoms with Gasteiger partial charge in [-0.2, -0.15) is 0 Å². The van der Waals surface area contributed by atoms with Crippen molar-refractivity contribution >= 4 is 11.7 Å². The number of hydrogen-bond donors (Lipinski definition) is 2. The number of nitrogens with two attached hydrogens (primary N) is 1. The first kappa shape index (κ1) is 15.0. The third kappa shape index (κ3) is 4.28. The van der Waals surface area contributed by atoms with E-state index in [2.05, 4.69) is 25.9 Å². The van der Waals surface area contributed by atoms with Crippen LogP contribution in [-0.4, -0.2) is 35.4 Å². The lowest BCUT2D eigenvalue weighted by Crippen LogP contribution is -2.34. The van der Waals surface area contributed by atoms with E-state index >= 15 is 0 Å². The molecule has 1 aromatic carbocycles. The average Bonchev–Trinajstić information content (AvgIpc) is 2.35. The van der Waals surface area contributed by atoms with Crippen molar-refractivity contribution in [2.45, 2.75) is 20.8 Å². The Bertz CT molecular complexity index is 472. The van der Waals surface area contributed by atoms with E-state index in [1.54, 1.807) is 36.2 Å². The largest absolute Gasteiger partial charge is 0.409 e. The Hall–Kier alpha value is -2.04. The van der Waals surface area contributed by atoms with Gasteiger partial charge < -0.3 is 15.8 Å². The number of amides is 1. The number of carbonyl (C=O) groups excluding carboxylic acids is 1. The molecule has 0 aliphatic rings. The Morgan fingerprint density at radius 2 is 1.74 bits per heavy atom. The highest BCUT2D eigenvalue weighted by Crippen LogP contribution is 2.16. The van der Waals surface area contributed by atoms with Gasteiger partial charge in [-0.1, -0.05) is 38.1 Å². The molecule has 0 atom stereocenters. The maximum atomic E-state index is 12.2. The fourth-order valence-corrected chi connectivity index (χ4v) is 1.85. The molecule has 3 N–H and O–H groups in total. The predicted molar refractivity (Wildman–Crippen MR) is 75.4 cm³/mol. The van der Waals surface area contributed by atoms with E-state index in [0.717, 1.165) is 0 Å². The number of amidine groups is 1. The summed E-state index contributed by atoms with van der Waals surface area (Å²) >= 11 is 0. The van der Waals surface area contributed by atoms with E-state index in [9.17, 15) is 4.79 Å². The van der Waals surface area contributed by atoms with Crippen LogP contribution in [0.5, 0.6) is 0 Å². The van der Waals surface area contributed by atoms with Crippen LogP contribution in [0.25, 0.3) is 0 Å². The Balaban J connectivity index is 2.84. The fraction of sp³-hybridized carbons (Fsp3) is 0.429. The minimum Gasteiger partial charge on any atom is -0.409 e. The monoisotopic (exact) mass is 263 g/mol. The summed E-state index contributed by atoms with van der Waals surface area (Å²) in [6.45, 7) is 6.92. The first-order chi connectivity index (χ1) is 8.74. The van der Waals surface area contributed by atoms with Crippen molar-refractivity contribution in [2.24, 2.45) is 16.3 Å². The van der Waals surface area contributed by atoms with Gasteiger partial charge in [-0.15, -0.1) is 0 Å². The molecule has 1 amide bonds. The maximum absolute atomic E-state index is 12.2. The highest BCUT2D eigenvalue weighted by Gasteiger charge is 2.18. The lowest BCUT2D eigenvalue weighted by molar-refractivity contribution is 0.0745. The van der Waals surface area contributed by atoms with E-state index in [4.69, 9.17) is 10.9 Å². The lowest BCUT2D eigenvalue weighted by Gasteiger charge is -2.26. The van der Waals surface area contributed by atoms with Gasteiger partial charge in [0.15, 0.2) is 5.84 Å². The third-order valence-corrected chi connectivity index (χ3v) is 2.59. The Kier molecular flexibility index (Phi) is 4.53. The average molecular weight is 263 g/mol. The van der Waals surface area contributed by atoms with Crippen LogP contribution < -0.4 is 5.73 Å². The molecule has 0 aromatic heterocycles. The normalized spacial score (nSPS) is 12.3. The van der Waals surface area contributed by atoms with Crippen LogP contribution >= 0.6 is 0 Å². The predicted octanol–water partition coefficient (Wildman–Crippen LogP) is 1.90. The SMILES string of the molecule is CN(CC(C)(C)C)C(=O)c1ccc(C(N)=NO)cc1. The Morgan fingerprint density at radius 3 is 2.16 bits per heavy atom. The summed E-state index contributed by atoms with van der Waals surface area (Å²) in [6.07, 6.45) is 0. The molecule has 0 spiro atoms. The van der Waals surface area contributed by atoms with Crippen LogP contribution in [0.4, 0.5) is 0 Å². The summed E-state index contributed by atoms with van der Waals surface area (Å²) in [5.74, 6) is -0.0111. The van der Waals surface area contributed by atoms with Gasteiger partial charge in [0.2, 0.25) is 0 Å². The molecule has 0 fully saturated rings. The topological polar surface area (TPSA) is 78.9 Å². The zero-order chi connectivity index (χ0) is 14.6. The van der Waals surface area contributed by atoms with Crippen molar-refractivity contribution in [1.82, 2.24) is 4.90 Å². The van der Waals surface area contributed by atoms with Crippen LogP contribution in [0, 0.1) is 5.41 Å². The second-order valence-electron chi connectivity index (χ2n) is 5.78. The molecule has 0 unspecified atom stereocenters. The van der Waals surface area contributed by atoms with Gasteiger partial charge in [0, 0.05) is 24.7 Å². The smallest absolute Gasteiger partial charge is 0.253 e. The second kappa shape index (κ2) is 5.73. The van der Waals surface area contributed by atoms with Crippen molar-refractivity contribution in [2.75, 3.05) is 13.6 Å². The van der Waals surface area contributed by atoms with Gasteiger partial charge in [-0.3, -0.25) is 4.79 Å². The van der Waals surface area contributed by atoms with Gasteiger partial charge in [-0.05, 0) is 17.5 Å². The summed E-state index contributed by atoms with van der Waals surface area (Å²) in [4.78, 5) is 13.9. The minimum absolute atomic E-state index is 0.0297. The van der Waals surface area contributed by atoms with Gasteiger partial charge in [0.25, 0.3) is 5.91 Å². The molecule has 1 aromatic rings. The highest BCUT2D eigenvalue weighted by molar-refractivity contribution is 5.99. The van der Waals surface area contributed by atoms with E-state index < -0.39 is 0 Å². The first-order valence-electron chi connectivity index (χ1n) is 6.08. The first-order valence-corrected chi connectivity index (χ1v) is 6.08. The summed E-state index contributed by atoms with van der Waals surface area (Å²) in [5, 5.41) is 11.5. The van der Waals surface area contributed by atoms with Crippen LogP contribution in [-0.2, 0) is 0 Å². The number of rotatable bonds is 3. The molecule has 5 nitrogen and oxygen atoms in total. The van der Waals surface area contributed by atoms with Crippen LogP contribution in [0.2, 0.25) is 0 Å². The van der Waals surface area contributed by atoms with E-state index in [-0.39, 0.29) is 17.2 Å². The maximum Gasteiger partial charge on any atom is 0.253 e. The van der Waals surface area contributed by atoms with E-state index in [1.807, 2.05) is 0 Å². The number of benzene rings is 1. The zero-order valence-corrected chi connectivity index (χ0v) is 11.8. The Labute approximate surface area is 113 Å². The molecular weight excluding hydrogens is 242 g/mol. The summed E-state index contributed by atoms with van der Waals surface area (Å²) < 4.78 is 0. The summed E-state index contributed by atoms with van der Waals surface area (Å²) in [5.41, 5.74) is 6.69. The quantitative estimate of drug-likeness (QED) is 0.378. The molecule has 0 bridgehead atoms. The number of nitrogens with zero attached hydrogens (tertiary/aromatic N) is 2. The number of carbonyl (C=O) groups is 1. The fourth-order valence-electron chi connectivity index (χ4n) is 1.85. The van der Waals surface area contributed by atoms with Crippen molar-refractivity contribution in [3.05, 3.63) is 35.4 Å². The molecule has 0 heterocycles. The minimum atomic E-state index is -0.0408. The molecule has 0 aliphatic carbocycles. The van der Waals surface area contributed by atoms with Crippen LogP contribution in [0.15, 0.2) is 29.4 Å². The number of hydrogen-bond acceptors (Lipinski definition) is 3. The van der Waals surface area contributed by atoms with Crippen LogP contribution in [0.1, 0.15) is 36.7 Å². The molecule has 5 heteroatoms. The van der Waals surface area contributed by atoms with Crippen molar-refractivity contribution < 1.29 is 10.0 Å². The van der Waals surface area contributed by atoms with Gasteiger partial charge in [-0.25, -0.2) is 0 Å². The molecule has 0 aliphatic heterocycles. The number of oxime groups is 1. The van der Waals surface area contributed by atoms with Crippen molar-refractivity contribution in [1.29, 1.82) is 0 Å². The summed E-state index contributed by atoms with van der Waals surface area (Å²) in [6, 6.07) is 6.67. The molecule has 0 saturated carbocycles. The Morgan fingerprint density at radius 1 is 1.26 bits per heavy atom. The van der Waals surface area contributed by atoms with Gasteiger partial charge >= 0.3 is 0 Å². The van der Waals surface area contributed by atoms with Crippen LogP contribution in [0.3, 0.4) is 0 Å². The lowest BCUT2D eigenvalue weighted by atomic mass is 9.96. The highest BCUT2D eigenvalue weighted by atomic mass is 16.4. The standard InChI is InChI=1S/C14H21N3O2/c1-14(2,3)9-17(4)13(18)11-7-5-10(6-8-11)12(15)16-19/h5-8,19H,9H2,1-4H3,(H2,15,16). The molecule has 0 saturated heterocycles. The molecule has 104 valence electrons. The van der Waals surface area contributed by atoms with E-state index in [0.29, 0.717) is 17.7 Å². The van der Waals surface area contributed by atoms with Crippen molar-refractivity contribution in [3.63, 3.8) is 0 Å². The second-order valence-corrected chi connectivity index (χ2v) is 5.78. The van der Waals surface area contributed by atoms with Gasteiger partial charge in [0.1, 0.15) is 0 Å². The molecule has 1 rings (SSSR count). The van der Waals surface area contributed by atoms with E-state index in [1.165, 1.54) is 0 Å². The van der Waals surface area contributed by atoms with Gasteiger partial charge in [0.05, 0.1) is 0 Å². The third-order valence-electron chi connectivity index (χ3n) is 2.59. The molecular formula is C14H21N3O2.